The number of H-pyrrole nitrogens is 1. The van der Waals surface area contributed by atoms with Crippen LogP contribution in [0.5, 0.6) is 0 Å². The third-order valence-electron chi connectivity index (χ3n) is 5.69. The Kier molecular flexibility index (Phi) is 3.89. The number of aryl methyl sites for hydroxylation is 2. The zero-order chi connectivity index (χ0) is 17.5. The highest BCUT2D eigenvalue weighted by Crippen LogP contribution is 2.32. The quantitative estimate of drug-likeness (QED) is 0.779. The minimum absolute atomic E-state index is 0.322. The van der Waals surface area contributed by atoms with Gasteiger partial charge in [-0.05, 0) is 57.2 Å². The van der Waals surface area contributed by atoms with Gasteiger partial charge in [0.25, 0.3) is 0 Å². The summed E-state index contributed by atoms with van der Waals surface area (Å²) in [5.74, 6) is 0.778. The second-order valence-electron chi connectivity index (χ2n) is 7.29. The minimum atomic E-state index is -0.331. The Balaban J connectivity index is 1.35. The van der Waals surface area contributed by atoms with Crippen molar-refractivity contribution in [2.45, 2.75) is 51.1 Å². The van der Waals surface area contributed by atoms with E-state index in [0.29, 0.717) is 23.8 Å². The van der Waals surface area contributed by atoms with Crippen molar-refractivity contribution in [2.24, 2.45) is 0 Å². The number of rotatable bonds is 4. The summed E-state index contributed by atoms with van der Waals surface area (Å²) in [6, 6.07) is 3.89. The molecule has 136 valence electrons. The van der Waals surface area contributed by atoms with Crippen LogP contribution < -0.4 is 5.76 Å². The van der Waals surface area contributed by atoms with Gasteiger partial charge < -0.3 is 9.40 Å². The standard InChI is InChI=1S/C19H23N5O2/c25-19-24(18-16(26-19)8-3-9-20-18)12-11-23-10-4-7-15(23)17-21-13-5-1-2-6-14(13)22-17/h3,8-9,15H,1-2,4-7,10-12H2,(H,21,22)/t15-/m1/s1. The van der Waals surface area contributed by atoms with E-state index in [1.54, 1.807) is 22.9 Å². The second kappa shape index (κ2) is 6.39. The molecule has 0 amide bonds. The topological polar surface area (TPSA) is 79.9 Å². The van der Waals surface area contributed by atoms with Crippen molar-refractivity contribution >= 4 is 11.2 Å². The zero-order valence-corrected chi connectivity index (χ0v) is 14.8. The van der Waals surface area contributed by atoms with Crippen LogP contribution in [0.3, 0.4) is 0 Å². The summed E-state index contributed by atoms with van der Waals surface area (Å²) in [6.07, 6.45) is 8.69. The number of imidazole rings is 1. The van der Waals surface area contributed by atoms with E-state index in [2.05, 4.69) is 14.9 Å². The van der Waals surface area contributed by atoms with Gasteiger partial charge in [0.05, 0.1) is 11.7 Å². The molecule has 0 aromatic carbocycles. The molecule has 0 radical (unpaired) electrons. The highest BCUT2D eigenvalue weighted by molar-refractivity contribution is 5.67. The maximum atomic E-state index is 12.1. The Morgan fingerprint density at radius 2 is 2.15 bits per heavy atom. The SMILES string of the molecule is O=c1oc2cccnc2n1CCN1CCC[C@@H]1c1nc2c([nH]1)CCCC2. The fourth-order valence-corrected chi connectivity index (χ4v) is 4.36. The molecule has 0 unspecified atom stereocenters. The van der Waals surface area contributed by atoms with Crippen molar-refractivity contribution in [3.63, 3.8) is 0 Å². The molecule has 1 N–H and O–H groups in total. The predicted octanol–water partition coefficient (Wildman–Crippen LogP) is 2.43. The van der Waals surface area contributed by atoms with E-state index >= 15 is 0 Å². The maximum absolute atomic E-state index is 12.1. The molecule has 0 spiro atoms. The first-order valence-corrected chi connectivity index (χ1v) is 9.55. The smallest absolute Gasteiger partial charge is 0.406 e. The molecule has 26 heavy (non-hydrogen) atoms. The molecule has 1 atom stereocenters. The molecule has 3 aromatic rings. The predicted molar refractivity (Wildman–Crippen MR) is 97.0 cm³/mol. The van der Waals surface area contributed by atoms with E-state index in [9.17, 15) is 4.79 Å². The number of hydrogen-bond acceptors (Lipinski definition) is 5. The van der Waals surface area contributed by atoms with Gasteiger partial charge in [-0.2, -0.15) is 0 Å². The van der Waals surface area contributed by atoms with E-state index in [4.69, 9.17) is 9.40 Å². The average Bonchev–Trinajstić information content (AvgIpc) is 3.35. The van der Waals surface area contributed by atoms with E-state index in [1.807, 2.05) is 0 Å². The average molecular weight is 353 g/mol. The van der Waals surface area contributed by atoms with E-state index in [1.165, 1.54) is 24.2 Å². The summed E-state index contributed by atoms with van der Waals surface area (Å²) >= 11 is 0. The Morgan fingerprint density at radius 3 is 3.08 bits per heavy atom. The van der Waals surface area contributed by atoms with Gasteiger partial charge >= 0.3 is 5.76 Å². The summed E-state index contributed by atoms with van der Waals surface area (Å²) in [6.45, 7) is 2.41. The summed E-state index contributed by atoms with van der Waals surface area (Å²) in [5.41, 5.74) is 3.77. The van der Waals surface area contributed by atoms with Crippen LogP contribution >= 0.6 is 0 Å². The lowest BCUT2D eigenvalue weighted by molar-refractivity contribution is 0.237. The first-order chi connectivity index (χ1) is 12.8. The lowest BCUT2D eigenvalue weighted by Crippen LogP contribution is -2.30. The molecule has 3 aromatic heterocycles. The third kappa shape index (κ3) is 2.67. The van der Waals surface area contributed by atoms with Crippen LogP contribution in [0.1, 0.15) is 48.9 Å². The fourth-order valence-electron chi connectivity index (χ4n) is 4.36. The lowest BCUT2D eigenvalue weighted by Gasteiger charge is -2.22. The van der Waals surface area contributed by atoms with E-state index in [-0.39, 0.29) is 5.76 Å². The summed E-state index contributed by atoms with van der Waals surface area (Å²) in [7, 11) is 0. The largest absolute Gasteiger partial charge is 0.421 e. The van der Waals surface area contributed by atoms with Crippen molar-refractivity contribution in [1.29, 1.82) is 0 Å². The minimum Gasteiger partial charge on any atom is -0.406 e. The summed E-state index contributed by atoms with van der Waals surface area (Å²) in [5, 5.41) is 0. The monoisotopic (exact) mass is 353 g/mol. The lowest BCUT2D eigenvalue weighted by atomic mass is 10.0. The van der Waals surface area contributed by atoms with Gasteiger partial charge in [-0.3, -0.25) is 9.47 Å². The van der Waals surface area contributed by atoms with Gasteiger partial charge in [0.15, 0.2) is 11.2 Å². The fraction of sp³-hybridized carbons (Fsp3) is 0.526. The van der Waals surface area contributed by atoms with Gasteiger partial charge in [0.1, 0.15) is 5.82 Å². The van der Waals surface area contributed by atoms with Crippen LogP contribution in [-0.2, 0) is 19.4 Å². The maximum Gasteiger partial charge on any atom is 0.421 e. The molecule has 2 aliphatic rings. The van der Waals surface area contributed by atoms with E-state index in [0.717, 1.165) is 44.6 Å². The van der Waals surface area contributed by atoms with Crippen LogP contribution in [0.25, 0.3) is 11.2 Å². The number of fused-ring (bicyclic) bond motifs is 2. The third-order valence-corrected chi connectivity index (χ3v) is 5.69. The number of nitrogens with zero attached hydrogens (tertiary/aromatic N) is 4. The van der Waals surface area contributed by atoms with Crippen LogP contribution in [0, 0.1) is 0 Å². The van der Waals surface area contributed by atoms with Gasteiger partial charge in [-0.25, -0.2) is 14.8 Å². The van der Waals surface area contributed by atoms with Gasteiger partial charge in [-0.15, -0.1) is 0 Å². The summed E-state index contributed by atoms with van der Waals surface area (Å²) in [4.78, 5) is 27.4. The molecule has 0 bridgehead atoms. The molecular weight excluding hydrogens is 330 g/mol. The second-order valence-corrected chi connectivity index (χ2v) is 7.29. The van der Waals surface area contributed by atoms with Gasteiger partial charge in [-0.1, -0.05) is 0 Å². The molecule has 5 rings (SSSR count). The van der Waals surface area contributed by atoms with Crippen LogP contribution in [0.2, 0.25) is 0 Å². The van der Waals surface area contributed by atoms with Crippen LogP contribution in [0.15, 0.2) is 27.5 Å². The Labute approximate surface area is 151 Å². The number of oxazole rings is 1. The number of pyridine rings is 1. The van der Waals surface area contributed by atoms with Crippen molar-refractivity contribution in [1.82, 2.24) is 24.4 Å². The molecule has 0 saturated carbocycles. The Hall–Kier alpha value is -2.41. The molecule has 1 saturated heterocycles. The molecular formula is C19H23N5O2. The molecule has 4 heterocycles. The summed E-state index contributed by atoms with van der Waals surface area (Å²) < 4.78 is 6.93. The van der Waals surface area contributed by atoms with Gasteiger partial charge in [0.2, 0.25) is 0 Å². The highest BCUT2D eigenvalue weighted by atomic mass is 16.4. The van der Waals surface area contributed by atoms with Crippen LogP contribution in [0.4, 0.5) is 0 Å². The zero-order valence-electron chi connectivity index (χ0n) is 14.8. The van der Waals surface area contributed by atoms with Crippen molar-refractivity contribution in [2.75, 3.05) is 13.1 Å². The molecule has 1 aliphatic carbocycles. The molecule has 1 aliphatic heterocycles. The number of aromatic amines is 1. The number of likely N-dealkylation sites (tertiary alicyclic amines) is 1. The molecule has 7 heteroatoms. The normalized spacial score (nSPS) is 20.7. The number of aromatic nitrogens is 4. The van der Waals surface area contributed by atoms with Crippen LogP contribution in [-0.4, -0.2) is 37.5 Å². The van der Waals surface area contributed by atoms with Crippen molar-refractivity contribution < 1.29 is 4.42 Å². The van der Waals surface area contributed by atoms with Gasteiger partial charge in [0, 0.05) is 25.0 Å². The first-order valence-electron chi connectivity index (χ1n) is 9.55. The molecule has 1 fully saturated rings. The molecule has 7 nitrogen and oxygen atoms in total. The van der Waals surface area contributed by atoms with Crippen molar-refractivity contribution in [3.05, 3.63) is 46.1 Å². The number of nitrogens with one attached hydrogen (secondary N) is 1. The highest BCUT2D eigenvalue weighted by Gasteiger charge is 2.29. The Morgan fingerprint density at radius 1 is 1.23 bits per heavy atom. The number of hydrogen-bond donors (Lipinski definition) is 1. The van der Waals surface area contributed by atoms with Crippen molar-refractivity contribution in [3.8, 4) is 0 Å². The first kappa shape index (κ1) is 15.8. The van der Waals surface area contributed by atoms with E-state index < -0.39 is 0 Å². The Bertz CT molecular complexity index is 962.